The molecule has 1 N–H and O–H groups in total. The summed E-state index contributed by atoms with van der Waals surface area (Å²) in [6, 6.07) is 8.15. The molecule has 1 atom stereocenters. The number of nitrogens with zero attached hydrogens (tertiary/aromatic N) is 3. The number of esters is 1. The first-order chi connectivity index (χ1) is 12.5. The van der Waals surface area contributed by atoms with Crippen LogP contribution in [0.4, 0.5) is 11.8 Å². The average Bonchev–Trinajstić information content (AvgIpc) is 2.65. The number of hydrogen-bond donors (Lipinski definition) is 1. The highest BCUT2D eigenvalue weighted by Crippen LogP contribution is 2.25. The molecule has 26 heavy (non-hydrogen) atoms. The third-order valence-corrected chi connectivity index (χ3v) is 4.79. The smallest absolute Gasteiger partial charge is 0.337 e. The van der Waals surface area contributed by atoms with Crippen LogP contribution in [0.15, 0.2) is 24.3 Å². The van der Waals surface area contributed by atoms with Gasteiger partial charge in [-0.15, -0.1) is 0 Å². The fraction of sp³-hybridized carbons (Fsp3) is 0.450. The Morgan fingerprint density at radius 2 is 2.12 bits per heavy atom. The molecule has 6 nitrogen and oxygen atoms in total. The number of ether oxygens (including phenoxy) is 1. The van der Waals surface area contributed by atoms with Gasteiger partial charge in [0, 0.05) is 30.9 Å². The maximum Gasteiger partial charge on any atom is 0.337 e. The van der Waals surface area contributed by atoms with E-state index in [1.807, 2.05) is 31.2 Å². The van der Waals surface area contributed by atoms with Gasteiger partial charge in [-0.25, -0.2) is 9.78 Å². The highest BCUT2D eigenvalue weighted by molar-refractivity contribution is 5.89. The molecule has 0 amide bonds. The van der Waals surface area contributed by atoms with Gasteiger partial charge >= 0.3 is 5.97 Å². The normalized spacial score (nSPS) is 14.5. The van der Waals surface area contributed by atoms with Crippen molar-refractivity contribution in [2.75, 3.05) is 23.9 Å². The van der Waals surface area contributed by atoms with Crippen LogP contribution in [0.25, 0.3) is 0 Å². The van der Waals surface area contributed by atoms with Crippen LogP contribution in [0.1, 0.15) is 47.4 Å². The zero-order chi connectivity index (χ0) is 18.7. The summed E-state index contributed by atoms with van der Waals surface area (Å²) in [4.78, 5) is 23.2. The number of aromatic nitrogens is 2. The highest BCUT2D eigenvalue weighted by Gasteiger charge is 2.20. The molecule has 0 bridgehead atoms. The predicted molar refractivity (Wildman–Crippen MR) is 103 cm³/mol. The summed E-state index contributed by atoms with van der Waals surface area (Å²) >= 11 is 0. The van der Waals surface area contributed by atoms with E-state index in [1.54, 1.807) is 0 Å². The van der Waals surface area contributed by atoms with Crippen molar-refractivity contribution >= 4 is 17.7 Å². The quantitative estimate of drug-likeness (QED) is 0.831. The molecule has 0 fully saturated rings. The van der Waals surface area contributed by atoms with E-state index in [0.717, 1.165) is 37.4 Å². The molecule has 0 radical (unpaired) electrons. The zero-order valence-electron chi connectivity index (χ0n) is 15.9. The lowest BCUT2D eigenvalue weighted by Crippen LogP contribution is -2.31. The van der Waals surface area contributed by atoms with E-state index in [9.17, 15) is 4.79 Å². The van der Waals surface area contributed by atoms with Gasteiger partial charge in [0.1, 0.15) is 5.82 Å². The number of hydrogen-bond acceptors (Lipinski definition) is 6. The summed E-state index contributed by atoms with van der Waals surface area (Å²) in [5, 5.41) is 3.36. The van der Waals surface area contributed by atoms with E-state index in [0.29, 0.717) is 17.6 Å². The van der Waals surface area contributed by atoms with E-state index < -0.39 is 0 Å². The van der Waals surface area contributed by atoms with Gasteiger partial charge < -0.3 is 15.0 Å². The van der Waals surface area contributed by atoms with Crippen LogP contribution in [0, 0.1) is 6.92 Å². The summed E-state index contributed by atoms with van der Waals surface area (Å²) < 4.78 is 4.81. The molecule has 2 heterocycles. The molecule has 0 saturated carbocycles. The molecule has 2 aromatic rings. The van der Waals surface area contributed by atoms with Crippen LogP contribution in [0.3, 0.4) is 0 Å². The fourth-order valence-electron chi connectivity index (χ4n) is 3.09. The third-order valence-electron chi connectivity index (χ3n) is 4.79. The second kappa shape index (κ2) is 7.72. The minimum absolute atomic E-state index is 0.289. The van der Waals surface area contributed by atoms with Gasteiger partial charge in [0.15, 0.2) is 0 Å². The Kier molecular flexibility index (Phi) is 5.40. The van der Waals surface area contributed by atoms with Crippen molar-refractivity contribution in [3.63, 3.8) is 0 Å². The lowest BCUT2D eigenvalue weighted by Gasteiger charge is -2.30. The maximum atomic E-state index is 11.7. The van der Waals surface area contributed by atoms with Gasteiger partial charge in [-0.05, 0) is 49.9 Å². The van der Waals surface area contributed by atoms with E-state index in [-0.39, 0.29) is 5.97 Å². The molecule has 1 aliphatic heterocycles. The molecule has 1 aromatic carbocycles. The summed E-state index contributed by atoms with van der Waals surface area (Å²) in [6.07, 6.45) is 1.89. The van der Waals surface area contributed by atoms with Crippen molar-refractivity contribution in [3.05, 3.63) is 46.6 Å². The zero-order valence-corrected chi connectivity index (χ0v) is 15.9. The predicted octanol–water partition coefficient (Wildman–Crippen LogP) is 3.34. The standard InChI is InChI=1S/C20H26N4O2/c1-5-13(2)21-20-22-14(3)10-18(23-20)24-9-8-15-11-16(19(25)26-4)6-7-17(15)12-24/h6-7,10-11,13H,5,8-9,12H2,1-4H3,(H,21,22,23)/t13-/m0/s1. The molecular formula is C20H26N4O2. The van der Waals surface area contributed by atoms with Gasteiger partial charge in [-0.1, -0.05) is 13.0 Å². The summed E-state index contributed by atoms with van der Waals surface area (Å²) in [5.74, 6) is 1.33. The van der Waals surface area contributed by atoms with Crippen LogP contribution < -0.4 is 10.2 Å². The van der Waals surface area contributed by atoms with Crippen molar-refractivity contribution in [3.8, 4) is 0 Å². The molecule has 1 aromatic heterocycles. The van der Waals surface area contributed by atoms with Crippen molar-refractivity contribution in [2.45, 2.75) is 46.2 Å². The molecule has 0 aliphatic carbocycles. The molecule has 138 valence electrons. The molecule has 0 saturated heterocycles. The summed E-state index contributed by atoms with van der Waals surface area (Å²) in [6.45, 7) is 7.89. The largest absolute Gasteiger partial charge is 0.465 e. The van der Waals surface area contributed by atoms with Gasteiger partial charge in [0.25, 0.3) is 0 Å². The molecule has 6 heteroatoms. The van der Waals surface area contributed by atoms with Crippen LogP contribution in [0.5, 0.6) is 0 Å². The second-order valence-electron chi connectivity index (χ2n) is 6.79. The summed E-state index contributed by atoms with van der Waals surface area (Å²) in [7, 11) is 1.41. The molecule has 0 unspecified atom stereocenters. The van der Waals surface area contributed by atoms with Crippen LogP contribution >= 0.6 is 0 Å². The lowest BCUT2D eigenvalue weighted by molar-refractivity contribution is 0.0600. The highest BCUT2D eigenvalue weighted by atomic mass is 16.5. The minimum Gasteiger partial charge on any atom is -0.465 e. The van der Waals surface area contributed by atoms with Crippen LogP contribution in [-0.2, 0) is 17.7 Å². The van der Waals surface area contributed by atoms with E-state index in [1.165, 1.54) is 18.2 Å². The van der Waals surface area contributed by atoms with Gasteiger partial charge in [0.05, 0.1) is 12.7 Å². The van der Waals surface area contributed by atoms with Gasteiger partial charge in [0.2, 0.25) is 5.95 Å². The number of aryl methyl sites for hydroxylation is 1. The minimum atomic E-state index is -0.289. The number of nitrogens with one attached hydrogen (secondary N) is 1. The Hall–Kier alpha value is -2.63. The number of rotatable bonds is 5. The SMILES string of the molecule is CC[C@H](C)Nc1nc(C)cc(N2CCc3cc(C(=O)OC)ccc3C2)n1. The first-order valence-corrected chi connectivity index (χ1v) is 9.07. The van der Waals surface area contributed by atoms with E-state index >= 15 is 0 Å². The number of fused-ring (bicyclic) bond motifs is 1. The fourth-order valence-corrected chi connectivity index (χ4v) is 3.09. The lowest BCUT2D eigenvalue weighted by atomic mass is 9.97. The van der Waals surface area contributed by atoms with E-state index in [4.69, 9.17) is 9.72 Å². The van der Waals surface area contributed by atoms with Gasteiger partial charge in [-0.3, -0.25) is 0 Å². The third kappa shape index (κ3) is 3.95. The number of carbonyl (C=O) groups is 1. The maximum absolute atomic E-state index is 11.7. The number of methoxy groups -OCH3 is 1. The topological polar surface area (TPSA) is 67.4 Å². The molecule has 3 rings (SSSR count). The molecule has 0 spiro atoms. The average molecular weight is 354 g/mol. The molecule has 1 aliphatic rings. The molecular weight excluding hydrogens is 328 g/mol. The Bertz CT molecular complexity index is 806. The first-order valence-electron chi connectivity index (χ1n) is 9.07. The number of anilines is 2. The number of benzene rings is 1. The van der Waals surface area contributed by atoms with Crippen molar-refractivity contribution in [2.24, 2.45) is 0 Å². The van der Waals surface area contributed by atoms with Crippen molar-refractivity contribution in [1.29, 1.82) is 0 Å². The number of carbonyl (C=O) groups excluding carboxylic acids is 1. The first kappa shape index (κ1) is 18.2. The van der Waals surface area contributed by atoms with Crippen molar-refractivity contribution < 1.29 is 9.53 Å². The summed E-state index contributed by atoms with van der Waals surface area (Å²) in [5.41, 5.74) is 3.98. The van der Waals surface area contributed by atoms with Crippen molar-refractivity contribution in [1.82, 2.24) is 9.97 Å². The monoisotopic (exact) mass is 354 g/mol. The second-order valence-corrected chi connectivity index (χ2v) is 6.79. The Morgan fingerprint density at radius 3 is 2.85 bits per heavy atom. The van der Waals surface area contributed by atoms with E-state index in [2.05, 4.69) is 29.0 Å². The Balaban J connectivity index is 1.81. The Morgan fingerprint density at radius 1 is 1.31 bits per heavy atom. The Labute approximate surface area is 154 Å². The van der Waals surface area contributed by atoms with Crippen LogP contribution in [-0.4, -0.2) is 35.6 Å². The van der Waals surface area contributed by atoms with Gasteiger partial charge in [-0.2, -0.15) is 4.98 Å². The van der Waals surface area contributed by atoms with Crippen LogP contribution in [0.2, 0.25) is 0 Å².